The predicted molar refractivity (Wildman–Crippen MR) is 85.0 cm³/mol. The van der Waals surface area contributed by atoms with E-state index in [1.807, 2.05) is 27.7 Å². The van der Waals surface area contributed by atoms with E-state index in [4.69, 9.17) is 65.4 Å². The largest absolute Gasteiger partial charge is 0.518 e. The fraction of sp³-hybridized carbons (Fsp3) is 1.00. The van der Waals surface area contributed by atoms with Crippen LogP contribution in [0.3, 0.4) is 0 Å². The molecule has 0 aliphatic heterocycles. The van der Waals surface area contributed by atoms with Crippen molar-refractivity contribution >= 4 is 55.2 Å². The van der Waals surface area contributed by atoms with Crippen LogP contribution in [0.2, 0.25) is 0 Å². The van der Waals surface area contributed by atoms with Gasteiger partial charge in [-0.2, -0.15) is 0 Å². The second-order valence-corrected chi connectivity index (χ2v) is 9.59. The summed E-state index contributed by atoms with van der Waals surface area (Å²) in [7, 11) is -2.62. The number of rotatable bonds is 8. The maximum absolute atomic E-state index is 6.00. The third-order valence-corrected chi connectivity index (χ3v) is 5.32. The first-order valence-electron chi connectivity index (χ1n) is 6.09. The number of alkyl halides is 4. The van der Waals surface area contributed by atoms with Crippen molar-refractivity contribution in [2.75, 3.05) is 19.8 Å². The molecule has 0 spiro atoms. The molecule has 118 valence electrons. The quantitative estimate of drug-likeness (QED) is 0.517. The van der Waals surface area contributed by atoms with Crippen LogP contribution in [0.15, 0.2) is 0 Å². The molecule has 2 N–H and O–H groups in total. The van der Waals surface area contributed by atoms with Crippen LogP contribution < -0.4 is 5.73 Å². The summed E-state index contributed by atoms with van der Waals surface area (Å²) in [4.78, 5) is 0. The monoisotopic (exact) mass is 373 g/mol. The molecule has 19 heavy (non-hydrogen) atoms. The zero-order valence-corrected chi connectivity index (χ0v) is 15.7. The standard InChI is InChI=1S/C9H23NO3Si.CCl4/c1-5-9(10)14(11-6-2,12-7-3)13-8-4;2-1(3,4)5/h9H,5-8,10H2,1-4H3;. The summed E-state index contributed by atoms with van der Waals surface area (Å²) in [5, 5.41) is 0. The second kappa shape index (κ2) is 11.8. The Hall–Kier alpha value is 1.22. The first-order chi connectivity index (χ1) is 8.66. The van der Waals surface area contributed by atoms with Gasteiger partial charge in [0.15, 0.2) is 0 Å². The van der Waals surface area contributed by atoms with Crippen LogP contribution in [0, 0.1) is 0 Å². The molecule has 0 heterocycles. The van der Waals surface area contributed by atoms with Crippen molar-refractivity contribution in [2.24, 2.45) is 5.73 Å². The molecule has 1 atom stereocenters. The lowest BCUT2D eigenvalue weighted by molar-refractivity contribution is 0.0618. The van der Waals surface area contributed by atoms with E-state index >= 15 is 0 Å². The Labute approximate surface area is 137 Å². The van der Waals surface area contributed by atoms with Gasteiger partial charge >= 0.3 is 8.80 Å². The first-order valence-corrected chi connectivity index (χ1v) is 9.41. The lowest BCUT2D eigenvalue weighted by Crippen LogP contribution is -2.60. The Morgan fingerprint density at radius 1 is 0.895 bits per heavy atom. The van der Waals surface area contributed by atoms with E-state index in [1.54, 1.807) is 0 Å². The van der Waals surface area contributed by atoms with Gasteiger partial charge in [-0.1, -0.05) is 53.3 Å². The van der Waals surface area contributed by atoms with Gasteiger partial charge in [-0.05, 0) is 27.2 Å². The van der Waals surface area contributed by atoms with Gasteiger partial charge < -0.3 is 19.0 Å². The van der Waals surface area contributed by atoms with Crippen molar-refractivity contribution in [1.82, 2.24) is 0 Å². The van der Waals surface area contributed by atoms with Gasteiger partial charge in [0, 0.05) is 19.8 Å². The van der Waals surface area contributed by atoms with Crippen molar-refractivity contribution in [3.05, 3.63) is 0 Å². The maximum atomic E-state index is 6.00. The molecule has 0 radical (unpaired) electrons. The van der Waals surface area contributed by atoms with Crippen molar-refractivity contribution in [1.29, 1.82) is 0 Å². The molecule has 0 aromatic carbocycles. The van der Waals surface area contributed by atoms with Crippen LogP contribution in [-0.2, 0) is 13.3 Å². The Bertz CT molecular complexity index is 196. The molecule has 4 nitrogen and oxygen atoms in total. The summed E-state index contributed by atoms with van der Waals surface area (Å²) >= 11 is 19.3. The summed E-state index contributed by atoms with van der Waals surface area (Å²) in [6.45, 7) is 9.57. The number of hydrogen-bond acceptors (Lipinski definition) is 4. The van der Waals surface area contributed by atoms with Crippen LogP contribution in [-0.4, -0.2) is 37.5 Å². The number of halogens is 4. The lowest BCUT2D eigenvalue weighted by Gasteiger charge is -2.32. The highest BCUT2D eigenvalue weighted by molar-refractivity contribution is 6.83. The van der Waals surface area contributed by atoms with Gasteiger partial charge in [0.05, 0.1) is 5.67 Å². The van der Waals surface area contributed by atoms with Crippen LogP contribution >= 0.6 is 46.4 Å². The van der Waals surface area contributed by atoms with Crippen LogP contribution in [0.5, 0.6) is 0 Å². The van der Waals surface area contributed by atoms with Crippen LogP contribution in [0.25, 0.3) is 0 Å². The normalized spacial score (nSPS) is 13.7. The smallest absolute Gasteiger partial charge is 0.373 e. The Morgan fingerprint density at radius 3 is 1.32 bits per heavy atom. The molecule has 0 aliphatic carbocycles. The van der Waals surface area contributed by atoms with Gasteiger partial charge in [0.1, 0.15) is 0 Å². The highest BCUT2D eigenvalue weighted by Crippen LogP contribution is 2.29. The zero-order chi connectivity index (χ0) is 15.5. The number of nitrogens with two attached hydrogens (primary N) is 1. The molecular weight excluding hydrogens is 352 g/mol. The molecule has 1 unspecified atom stereocenters. The van der Waals surface area contributed by atoms with Gasteiger partial charge in [0.25, 0.3) is 3.25 Å². The summed E-state index contributed by atoms with van der Waals surface area (Å²) < 4.78 is 15.3. The molecule has 0 fully saturated rings. The molecule has 0 saturated carbocycles. The summed E-state index contributed by atoms with van der Waals surface area (Å²) in [5.74, 6) is 0. The Balaban J connectivity index is 0. The highest BCUT2D eigenvalue weighted by Gasteiger charge is 2.46. The second-order valence-electron chi connectivity index (χ2n) is 3.35. The topological polar surface area (TPSA) is 53.7 Å². The molecular formula is C10H23Cl4NO3Si. The fourth-order valence-electron chi connectivity index (χ4n) is 1.30. The number of hydrogen-bond donors (Lipinski definition) is 1. The van der Waals surface area contributed by atoms with E-state index in [9.17, 15) is 0 Å². The molecule has 0 amide bonds. The molecule has 9 heteroatoms. The molecule has 0 aliphatic rings. The van der Waals surface area contributed by atoms with E-state index in [1.165, 1.54) is 0 Å². The van der Waals surface area contributed by atoms with Gasteiger partial charge in [-0.15, -0.1) is 0 Å². The van der Waals surface area contributed by atoms with E-state index in [-0.39, 0.29) is 5.67 Å². The summed E-state index contributed by atoms with van der Waals surface area (Å²) in [6.07, 6.45) is 0.812. The average Bonchev–Trinajstić information content (AvgIpc) is 2.26. The van der Waals surface area contributed by atoms with Gasteiger partial charge in [0.2, 0.25) is 0 Å². The minimum Gasteiger partial charge on any atom is -0.373 e. The maximum Gasteiger partial charge on any atom is 0.518 e. The highest BCUT2D eigenvalue weighted by atomic mass is 35.6. The van der Waals surface area contributed by atoms with E-state index < -0.39 is 12.1 Å². The van der Waals surface area contributed by atoms with Crippen molar-refractivity contribution in [3.8, 4) is 0 Å². The Morgan fingerprint density at radius 2 is 1.16 bits per heavy atom. The lowest BCUT2D eigenvalue weighted by atomic mass is 10.5. The van der Waals surface area contributed by atoms with E-state index in [0.717, 1.165) is 6.42 Å². The molecule has 0 rings (SSSR count). The summed E-state index contributed by atoms with van der Waals surface area (Å²) in [6, 6.07) is 0. The average molecular weight is 375 g/mol. The van der Waals surface area contributed by atoms with Crippen molar-refractivity contribution < 1.29 is 13.3 Å². The molecule has 0 saturated heterocycles. The minimum absolute atomic E-state index is 0.123. The zero-order valence-electron chi connectivity index (χ0n) is 11.7. The fourth-order valence-corrected chi connectivity index (χ4v) is 3.90. The van der Waals surface area contributed by atoms with Crippen LogP contribution in [0.4, 0.5) is 0 Å². The molecule has 0 aromatic heterocycles. The predicted octanol–water partition coefficient (Wildman–Crippen LogP) is 3.86. The van der Waals surface area contributed by atoms with Crippen LogP contribution in [0.1, 0.15) is 34.1 Å². The molecule has 0 bridgehead atoms. The molecule has 0 aromatic rings. The Kier molecular flexibility index (Phi) is 14.0. The third kappa shape index (κ3) is 12.7. The van der Waals surface area contributed by atoms with Crippen molar-refractivity contribution in [3.63, 3.8) is 0 Å². The first kappa shape index (κ1) is 22.5. The van der Waals surface area contributed by atoms with E-state index in [0.29, 0.717) is 19.8 Å². The summed E-state index contributed by atoms with van der Waals surface area (Å²) in [5.41, 5.74) is 5.87. The minimum atomic E-state index is -2.62. The SMILES string of the molecule is CCO[Si](OCC)(OCC)C(N)CC.ClC(Cl)(Cl)Cl. The van der Waals surface area contributed by atoms with Gasteiger partial charge in [-0.3, -0.25) is 0 Å². The third-order valence-electron chi connectivity index (χ3n) is 1.93. The van der Waals surface area contributed by atoms with Gasteiger partial charge in [-0.25, -0.2) is 0 Å². The van der Waals surface area contributed by atoms with Crippen molar-refractivity contribution in [2.45, 2.75) is 43.0 Å². The van der Waals surface area contributed by atoms with E-state index in [2.05, 4.69) is 0 Å².